The van der Waals surface area contributed by atoms with E-state index in [9.17, 15) is 23.1 Å². The van der Waals surface area contributed by atoms with Crippen molar-refractivity contribution >= 4 is 21.9 Å². The Hall–Kier alpha value is -1.94. The summed E-state index contributed by atoms with van der Waals surface area (Å²) >= 11 is 0. The van der Waals surface area contributed by atoms with Gasteiger partial charge in [-0.3, -0.25) is 9.59 Å². The number of sulfonamides is 1. The first-order valence-electron chi connectivity index (χ1n) is 7.28. The molecule has 23 heavy (non-hydrogen) atoms. The zero-order valence-corrected chi connectivity index (χ0v) is 13.8. The average Bonchev–Trinajstić information content (AvgIpc) is 3.04. The van der Waals surface area contributed by atoms with E-state index in [0.717, 1.165) is 10.7 Å². The normalized spacial score (nSPS) is 15.4. The standard InChI is InChI=1S/C13H20N4O5S/c1-9(13(19)20)17(7-5-14-10(2)18)23(21,22)12-8-15-11-4-3-6-16(11)12/h8-9H,3-7H2,1-2H3,(H,14,18)(H,19,20). The smallest absolute Gasteiger partial charge is 0.321 e. The van der Waals surface area contributed by atoms with Crippen LogP contribution >= 0.6 is 0 Å². The summed E-state index contributed by atoms with van der Waals surface area (Å²) in [5.41, 5.74) is 0. The molecule has 1 unspecified atom stereocenters. The Morgan fingerprint density at radius 3 is 2.83 bits per heavy atom. The lowest BCUT2D eigenvalue weighted by Crippen LogP contribution is -2.47. The van der Waals surface area contributed by atoms with Crippen LogP contribution in [0.3, 0.4) is 0 Å². The van der Waals surface area contributed by atoms with Crippen LogP contribution in [0.25, 0.3) is 0 Å². The molecule has 128 valence electrons. The number of fused-ring (bicyclic) bond motifs is 1. The van der Waals surface area contributed by atoms with Crippen LogP contribution in [-0.4, -0.2) is 58.4 Å². The summed E-state index contributed by atoms with van der Waals surface area (Å²) in [6, 6.07) is -1.25. The van der Waals surface area contributed by atoms with E-state index in [0.29, 0.717) is 18.8 Å². The number of aromatic nitrogens is 2. The Balaban J connectivity index is 2.32. The third-order valence-corrected chi connectivity index (χ3v) is 5.72. The second kappa shape index (κ2) is 6.67. The number of hydrogen-bond donors (Lipinski definition) is 2. The highest BCUT2D eigenvalue weighted by molar-refractivity contribution is 7.89. The van der Waals surface area contributed by atoms with E-state index < -0.39 is 22.0 Å². The highest BCUT2D eigenvalue weighted by Gasteiger charge is 2.36. The van der Waals surface area contributed by atoms with Gasteiger partial charge >= 0.3 is 5.97 Å². The zero-order valence-electron chi connectivity index (χ0n) is 13.0. The van der Waals surface area contributed by atoms with Gasteiger partial charge in [0, 0.05) is 33.0 Å². The molecule has 0 radical (unpaired) electrons. The molecule has 0 fully saturated rings. The molecule has 1 aliphatic rings. The Morgan fingerprint density at radius 2 is 2.22 bits per heavy atom. The number of carbonyl (C=O) groups is 2. The van der Waals surface area contributed by atoms with Crippen molar-refractivity contribution < 1.29 is 23.1 Å². The number of imidazole rings is 1. The van der Waals surface area contributed by atoms with Crippen LogP contribution in [0.5, 0.6) is 0 Å². The molecule has 2 heterocycles. The van der Waals surface area contributed by atoms with Crippen LogP contribution in [0.2, 0.25) is 0 Å². The molecule has 1 amide bonds. The molecule has 2 N–H and O–H groups in total. The van der Waals surface area contributed by atoms with Crippen LogP contribution in [0.1, 0.15) is 26.1 Å². The molecule has 2 rings (SSSR count). The van der Waals surface area contributed by atoms with Crippen molar-refractivity contribution in [1.29, 1.82) is 0 Å². The van der Waals surface area contributed by atoms with Gasteiger partial charge in [0.25, 0.3) is 10.0 Å². The molecular formula is C13H20N4O5S. The lowest BCUT2D eigenvalue weighted by Gasteiger charge is -2.25. The van der Waals surface area contributed by atoms with E-state index in [1.54, 1.807) is 4.57 Å². The fraction of sp³-hybridized carbons (Fsp3) is 0.615. The van der Waals surface area contributed by atoms with E-state index in [1.807, 2.05) is 0 Å². The summed E-state index contributed by atoms with van der Waals surface area (Å²) in [4.78, 5) is 26.3. The van der Waals surface area contributed by atoms with Crippen LogP contribution in [0.4, 0.5) is 0 Å². The lowest BCUT2D eigenvalue weighted by atomic mass is 10.3. The van der Waals surface area contributed by atoms with Gasteiger partial charge in [-0.15, -0.1) is 0 Å². The molecule has 0 aliphatic carbocycles. The number of carbonyl (C=O) groups excluding carboxylic acids is 1. The Labute approximate surface area is 134 Å². The van der Waals surface area contributed by atoms with Crippen LogP contribution in [-0.2, 0) is 32.6 Å². The van der Waals surface area contributed by atoms with Crippen molar-refractivity contribution in [3.63, 3.8) is 0 Å². The van der Waals surface area contributed by atoms with Gasteiger partial charge in [0.05, 0.1) is 6.20 Å². The molecule has 1 aromatic rings. The number of aliphatic carboxylic acids is 1. The first-order valence-corrected chi connectivity index (χ1v) is 8.72. The van der Waals surface area contributed by atoms with E-state index in [4.69, 9.17) is 0 Å². The summed E-state index contributed by atoms with van der Waals surface area (Å²) in [7, 11) is -4.02. The van der Waals surface area contributed by atoms with Gasteiger partial charge in [0.15, 0.2) is 5.03 Å². The molecular weight excluding hydrogens is 324 g/mol. The van der Waals surface area contributed by atoms with E-state index in [2.05, 4.69) is 10.3 Å². The van der Waals surface area contributed by atoms with E-state index in [1.165, 1.54) is 20.0 Å². The zero-order chi connectivity index (χ0) is 17.2. The van der Waals surface area contributed by atoms with Crippen LogP contribution in [0.15, 0.2) is 11.2 Å². The number of nitrogens with zero attached hydrogens (tertiary/aromatic N) is 3. The van der Waals surface area contributed by atoms with Crippen molar-refractivity contribution in [2.75, 3.05) is 13.1 Å². The molecule has 0 spiro atoms. The number of carboxylic acids is 1. The van der Waals surface area contributed by atoms with Crippen molar-refractivity contribution in [2.24, 2.45) is 0 Å². The third-order valence-electron chi connectivity index (χ3n) is 3.75. The number of amides is 1. The number of carboxylic acid groups (broad SMARTS) is 1. The Kier molecular flexibility index (Phi) is 5.05. The second-order valence-corrected chi connectivity index (χ2v) is 7.22. The Morgan fingerprint density at radius 1 is 1.52 bits per heavy atom. The fourth-order valence-electron chi connectivity index (χ4n) is 2.54. The van der Waals surface area contributed by atoms with Gasteiger partial charge in [-0.25, -0.2) is 13.4 Å². The van der Waals surface area contributed by atoms with Crippen molar-refractivity contribution in [3.8, 4) is 0 Å². The number of hydrogen-bond acceptors (Lipinski definition) is 5. The molecule has 10 heteroatoms. The summed E-state index contributed by atoms with van der Waals surface area (Å²) in [6.45, 7) is 3.06. The SMILES string of the molecule is CC(=O)NCCN(C(C)C(=O)O)S(=O)(=O)c1cnc2n1CCC2. The summed E-state index contributed by atoms with van der Waals surface area (Å²) < 4.78 is 28.2. The van der Waals surface area contributed by atoms with Crippen LogP contribution < -0.4 is 5.32 Å². The van der Waals surface area contributed by atoms with Gasteiger partial charge in [-0.05, 0) is 13.3 Å². The largest absolute Gasteiger partial charge is 0.480 e. The molecule has 1 aromatic heterocycles. The van der Waals surface area contributed by atoms with Crippen LogP contribution in [0, 0.1) is 0 Å². The lowest BCUT2D eigenvalue weighted by molar-refractivity contribution is -0.140. The monoisotopic (exact) mass is 344 g/mol. The Bertz CT molecular complexity index is 712. The molecule has 0 aromatic carbocycles. The topological polar surface area (TPSA) is 122 Å². The summed E-state index contributed by atoms with van der Waals surface area (Å²) in [6.07, 6.45) is 2.78. The van der Waals surface area contributed by atoms with Gasteiger partial charge in [-0.1, -0.05) is 0 Å². The number of rotatable bonds is 7. The third kappa shape index (κ3) is 3.53. The van der Waals surface area contributed by atoms with E-state index in [-0.39, 0.29) is 24.0 Å². The maximum absolute atomic E-state index is 12.9. The molecule has 1 atom stereocenters. The first kappa shape index (κ1) is 17.4. The minimum atomic E-state index is -4.02. The summed E-state index contributed by atoms with van der Waals surface area (Å²) in [5.74, 6) is -0.874. The minimum absolute atomic E-state index is 0.000856. The predicted molar refractivity (Wildman–Crippen MR) is 80.2 cm³/mol. The average molecular weight is 344 g/mol. The maximum atomic E-state index is 12.9. The number of nitrogens with one attached hydrogen (secondary N) is 1. The van der Waals surface area contributed by atoms with E-state index >= 15 is 0 Å². The van der Waals surface area contributed by atoms with Crippen molar-refractivity contribution in [3.05, 3.63) is 12.0 Å². The van der Waals surface area contributed by atoms with Gasteiger partial charge in [0.1, 0.15) is 11.9 Å². The van der Waals surface area contributed by atoms with Crippen molar-refractivity contribution in [1.82, 2.24) is 19.2 Å². The van der Waals surface area contributed by atoms with Gasteiger partial charge in [0.2, 0.25) is 5.91 Å². The molecule has 0 saturated carbocycles. The minimum Gasteiger partial charge on any atom is -0.480 e. The second-order valence-electron chi connectivity index (χ2n) is 5.38. The highest BCUT2D eigenvalue weighted by atomic mass is 32.2. The van der Waals surface area contributed by atoms with Crippen molar-refractivity contribution in [2.45, 2.75) is 44.3 Å². The first-order chi connectivity index (χ1) is 10.7. The fourth-order valence-corrected chi connectivity index (χ4v) is 4.28. The molecule has 0 saturated heterocycles. The molecule has 9 nitrogen and oxygen atoms in total. The van der Waals surface area contributed by atoms with Gasteiger partial charge in [-0.2, -0.15) is 4.31 Å². The maximum Gasteiger partial charge on any atom is 0.321 e. The highest BCUT2D eigenvalue weighted by Crippen LogP contribution is 2.24. The predicted octanol–water partition coefficient (Wildman–Crippen LogP) is -0.571. The number of aryl methyl sites for hydroxylation is 1. The molecule has 0 bridgehead atoms. The quantitative estimate of drug-likeness (QED) is 0.683. The van der Waals surface area contributed by atoms with Gasteiger partial charge < -0.3 is 15.0 Å². The summed E-state index contributed by atoms with van der Waals surface area (Å²) in [5, 5.41) is 11.7. The molecule has 1 aliphatic heterocycles.